The van der Waals surface area contributed by atoms with Crippen molar-refractivity contribution in [2.75, 3.05) is 20.7 Å². The second-order valence-corrected chi connectivity index (χ2v) is 4.19. The Morgan fingerprint density at radius 2 is 2.00 bits per heavy atom. The molecule has 0 atom stereocenters. The summed E-state index contributed by atoms with van der Waals surface area (Å²) in [4.78, 5) is 3.79. The summed E-state index contributed by atoms with van der Waals surface area (Å²) in [6.45, 7) is -0.0489. The minimum absolute atomic E-state index is 0.131. The van der Waals surface area contributed by atoms with Crippen molar-refractivity contribution in [2.45, 2.75) is 19.1 Å². The molecule has 0 aliphatic rings. The first kappa shape index (κ1) is 17.1. The summed E-state index contributed by atoms with van der Waals surface area (Å²) in [5, 5.41) is 5.33. The molecule has 4 nitrogen and oxygen atoms in total. The van der Waals surface area contributed by atoms with E-state index in [1.165, 1.54) is 26.3 Å². The Labute approximate surface area is 120 Å². The van der Waals surface area contributed by atoms with Gasteiger partial charge in [0.2, 0.25) is 0 Å². The molecule has 1 aromatic carbocycles. The van der Waals surface area contributed by atoms with Gasteiger partial charge >= 0.3 is 6.18 Å². The second-order valence-electron chi connectivity index (χ2n) is 4.19. The molecule has 118 valence electrons. The molecule has 8 heteroatoms. The van der Waals surface area contributed by atoms with Gasteiger partial charge in [0.25, 0.3) is 0 Å². The number of nitrogens with zero attached hydrogens (tertiary/aromatic N) is 1. The molecular weight excluding hydrogens is 290 g/mol. The van der Waals surface area contributed by atoms with Crippen LogP contribution in [-0.2, 0) is 6.54 Å². The fourth-order valence-electron chi connectivity index (χ4n) is 1.55. The molecule has 0 aromatic heterocycles. The minimum atomic E-state index is -4.22. The topological polar surface area (TPSA) is 45.7 Å². The number of methoxy groups -OCH3 is 1. The van der Waals surface area contributed by atoms with Crippen LogP contribution in [-0.4, -0.2) is 32.8 Å². The van der Waals surface area contributed by atoms with E-state index >= 15 is 0 Å². The first-order valence-corrected chi connectivity index (χ1v) is 6.19. The molecule has 1 aromatic rings. The third-order valence-corrected chi connectivity index (χ3v) is 2.60. The number of rotatable bonds is 5. The number of guanidine groups is 1. The predicted molar refractivity (Wildman–Crippen MR) is 71.8 cm³/mol. The van der Waals surface area contributed by atoms with Crippen LogP contribution in [0.2, 0.25) is 0 Å². The van der Waals surface area contributed by atoms with E-state index in [-0.39, 0.29) is 24.8 Å². The highest BCUT2D eigenvalue weighted by Crippen LogP contribution is 2.18. The Morgan fingerprint density at radius 1 is 1.29 bits per heavy atom. The Kier molecular flexibility index (Phi) is 6.26. The SMILES string of the molecule is CN=C(NCCC(F)(F)F)NCc1ccc(OC)c(F)c1. The van der Waals surface area contributed by atoms with E-state index < -0.39 is 18.4 Å². The average molecular weight is 307 g/mol. The zero-order chi connectivity index (χ0) is 15.9. The fourth-order valence-corrected chi connectivity index (χ4v) is 1.55. The van der Waals surface area contributed by atoms with Crippen LogP contribution < -0.4 is 15.4 Å². The van der Waals surface area contributed by atoms with Crippen molar-refractivity contribution in [3.05, 3.63) is 29.6 Å². The number of aliphatic imine (C=N–C) groups is 1. The summed E-state index contributed by atoms with van der Waals surface area (Å²) in [6, 6.07) is 4.42. The number of ether oxygens (including phenoxy) is 1. The van der Waals surface area contributed by atoms with Gasteiger partial charge in [-0.25, -0.2) is 4.39 Å². The number of hydrogen-bond acceptors (Lipinski definition) is 2. The summed E-state index contributed by atoms with van der Waals surface area (Å²) >= 11 is 0. The second kappa shape index (κ2) is 7.70. The molecular formula is C13H17F4N3O. The summed E-state index contributed by atoms with van der Waals surface area (Å²) in [5.74, 6) is -0.154. The van der Waals surface area contributed by atoms with E-state index in [4.69, 9.17) is 4.74 Å². The van der Waals surface area contributed by atoms with Crippen LogP contribution in [0.1, 0.15) is 12.0 Å². The smallest absolute Gasteiger partial charge is 0.390 e. The minimum Gasteiger partial charge on any atom is -0.494 e. The molecule has 0 unspecified atom stereocenters. The predicted octanol–water partition coefficient (Wildman–Crippen LogP) is 2.45. The maximum atomic E-state index is 13.5. The van der Waals surface area contributed by atoms with Gasteiger partial charge < -0.3 is 15.4 Å². The highest BCUT2D eigenvalue weighted by molar-refractivity contribution is 5.79. The molecule has 0 fully saturated rings. The largest absolute Gasteiger partial charge is 0.494 e. The highest BCUT2D eigenvalue weighted by Gasteiger charge is 2.26. The van der Waals surface area contributed by atoms with Crippen molar-refractivity contribution in [2.24, 2.45) is 4.99 Å². The molecule has 0 amide bonds. The number of nitrogens with one attached hydrogen (secondary N) is 2. The summed E-state index contributed by atoms with van der Waals surface area (Å²) in [5.41, 5.74) is 0.618. The average Bonchev–Trinajstić information content (AvgIpc) is 2.41. The third kappa shape index (κ3) is 6.33. The van der Waals surface area contributed by atoms with E-state index in [0.717, 1.165) is 0 Å². The van der Waals surface area contributed by atoms with Crippen LogP contribution in [0.5, 0.6) is 5.75 Å². The lowest BCUT2D eigenvalue weighted by Crippen LogP contribution is -2.38. The molecule has 2 N–H and O–H groups in total. The highest BCUT2D eigenvalue weighted by atomic mass is 19.4. The van der Waals surface area contributed by atoms with Gasteiger partial charge in [0.15, 0.2) is 17.5 Å². The van der Waals surface area contributed by atoms with Crippen LogP contribution in [0, 0.1) is 5.82 Å². The number of halogens is 4. The summed E-state index contributed by atoms with van der Waals surface area (Å²) in [6.07, 6.45) is -5.17. The van der Waals surface area contributed by atoms with E-state index in [1.54, 1.807) is 6.07 Å². The first-order valence-electron chi connectivity index (χ1n) is 6.19. The molecule has 21 heavy (non-hydrogen) atoms. The van der Waals surface area contributed by atoms with Crippen molar-refractivity contribution in [3.63, 3.8) is 0 Å². The van der Waals surface area contributed by atoms with Gasteiger partial charge in [-0.05, 0) is 17.7 Å². The van der Waals surface area contributed by atoms with Crippen LogP contribution in [0.3, 0.4) is 0 Å². The van der Waals surface area contributed by atoms with Gasteiger partial charge in [0.05, 0.1) is 13.5 Å². The van der Waals surface area contributed by atoms with E-state index in [1.807, 2.05) is 0 Å². The molecule has 0 heterocycles. The molecule has 0 spiro atoms. The maximum Gasteiger partial charge on any atom is 0.390 e. The molecule has 1 rings (SSSR count). The van der Waals surface area contributed by atoms with Gasteiger partial charge in [-0.15, -0.1) is 0 Å². The van der Waals surface area contributed by atoms with Crippen molar-refractivity contribution >= 4 is 5.96 Å². The van der Waals surface area contributed by atoms with E-state index in [2.05, 4.69) is 15.6 Å². The van der Waals surface area contributed by atoms with Crippen molar-refractivity contribution in [1.82, 2.24) is 10.6 Å². The van der Waals surface area contributed by atoms with Crippen LogP contribution in [0.25, 0.3) is 0 Å². The summed E-state index contributed by atoms with van der Waals surface area (Å²) < 4.78 is 54.3. The van der Waals surface area contributed by atoms with Crippen molar-refractivity contribution < 1.29 is 22.3 Å². The van der Waals surface area contributed by atoms with Crippen LogP contribution >= 0.6 is 0 Å². The number of benzene rings is 1. The Hall–Kier alpha value is -1.99. The zero-order valence-corrected chi connectivity index (χ0v) is 11.7. The van der Waals surface area contributed by atoms with E-state index in [0.29, 0.717) is 5.56 Å². The van der Waals surface area contributed by atoms with Gasteiger partial charge in [0.1, 0.15) is 0 Å². The standard InChI is InChI=1S/C13H17F4N3O/c1-18-12(19-6-5-13(15,16)17)20-8-9-3-4-11(21-2)10(14)7-9/h3-4,7H,5-6,8H2,1-2H3,(H2,18,19,20). The molecule has 0 radical (unpaired) electrons. The molecule has 0 aliphatic heterocycles. The van der Waals surface area contributed by atoms with Gasteiger partial charge in [-0.3, -0.25) is 4.99 Å². The lowest BCUT2D eigenvalue weighted by atomic mass is 10.2. The Bertz CT molecular complexity index is 489. The fraction of sp³-hybridized carbons (Fsp3) is 0.462. The molecule has 0 bridgehead atoms. The summed E-state index contributed by atoms with van der Waals surface area (Å²) in [7, 11) is 2.81. The zero-order valence-electron chi connectivity index (χ0n) is 11.7. The Balaban J connectivity index is 2.47. The van der Waals surface area contributed by atoms with Gasteiger partial charge in [0, 0.05) is 20.1 Å². The number of hydrogen-bond donors (Lipinski definition) is 2. The lowest BCUT2D eigenvalue weighted by Gasteiger charge is -2.13. The lowest BCUT2D eigenvalue weighted by molar-refractivity contribution is -0.132. The molecule has 0 saturated heterocycles. The molecule has 0 aliphatic carbocycles. The van der Waals surface area contributed by atoms with Crippen molar-refractivity contribution in [3.8, 4) is 5.75 Å². The third-order valence-electron chi connectivity index (χ3n) is 2.60. The van der Waals surface area contributed by atoms with Gasteiger partial charge in [-0.1, -0.05) is 6.07 Å². The van der Waals surface area contributed by atoms with Crippen molar-refractivity contribution in [1.29, 1.82) is 0 Å². The monoisotopic (exact) mass is 307 g/mol. The van der Waals surface area contributed by atoms with Crippen LogP contribution in [0.4, 0.5) is 17.6 Å². The Morgan fingerprint density at radius 3 is 2.52 bits per heavy atom. The quantitative estimate of drug-likeness (QED) is 0.499. The maximum absolute atomic E-state index is 13.5. The van der Waals surface area contributed by atoms with Gasteiger partial charge in [-0.2, -0.15) is 13.2 Å². The van der Waals surface area contributed by atoms with Crippen LogP contribution in [0.15, 0.2) is 23.2 Å². The normalized spacial score (nSPS) is 12.2. The van der Waals surface area contributed by atoms with E-state index in [9.17, 15) is 17.6 Å². The first-order chi connectivity index (χ1) is 9.85. The number of alkyl halides is 3. The molecule has 0 saturated carbocycles.